The first kappa shape index (κ1) is 15.4. The van der Waals surface area contributed by atoms with E-state index in [4.69, 9.17) is 0 Å². The summed E-state index contributed by atoms with van der Waals surface area (Å²) in [5.74, 6) is 0.995. The standard InChI is InChI=1S/C14H29N3O/c1-4-15-14(18)7-10-17-8-5-13(6-9-17)11-16-12(2)3/h12-13,16H,4-11H2,1-3H3,(H,15,18). The Morgan fingerprint density at radius 2 is 2.00 bits per heavy atom. The molecule has 1 fully saturated rings. The lowest BCUT2D eigenvalue weighted by Crippen LogP contribution is -2.40. The maximum atomic E-state index is 11.4. The van der Waals surface area contributed by atoms with Crippen LogP contribution in [0.4, 0.5) is 0 Å². The van der Waals surface area contributed by atoms with Gasteiger partial charge in [-0.05, 0) is 45.3 Å². The first-order chi connectivity index (χ1) is 8.61. The number of hydrogen-bond donors (Lipinski definition) is 2. The van der Waals surface area contributed by atoms with Crippen molar-refractivity contribution >= 4 is 5.91 Å². The molecule has 0 aromatic rings. The van der Waals surface area contributed by atoms with Gasteiger partial charge in [-0.2, -0.15) is 0 Å². The highest BCUT2D eigenvalue weighted by atomic mass is 16.1. The maximum Gasteiger partial charge on any atom is 0.221 e. The Bertz CT molecular complexity index is 235. The molecule has 1 amide bonds. The van der Waals surface area contributed by atoms with E-state index in [0.717, 1.165) is 38.6 Å². The van der Waals surface area contributed by atoms with Crippen molar-refractivity contribution < 1.29 is 4.79 Å². The predicted molar refractivity (Wildman–Crippen MR) is 75.6 cm³/mol. The molecule has 0 aromatic carbocycles. The molecule has 2 N–H and O–H groups in total. The summed E-state index contributed by atoms with van der Waals surface area (Å²) in [5, 5.41) is 6.37. The minimum absolute atomic E-state index is 0.182. The van der Waals surface area contributed by atoms with E-state index in [2.05, 4.69) is 29.4 Å². The summed E-state index contributed by atoms with van der Waals surface area (Å²) < 4.78 is 0. The normalized spacial score (nSPS) is 18.2. The smallest absolute Gasteiger partial charge is 0.221 e. The van der Waals surface area contributed by atoms with Crippen molar-refractivity contribution in [1.29, 1.82) is 0 Å². The zero-order valence-electron chi connectivity index (χ0n) is 12.2. The van der Waals surface area contributed by atoms with Gasteiger partial charge in [0.1, 0.15) is 0 Å². The van der Waals surface area contributed by atoms with Gasteiger partial charge in [0.15, 0.2) is 0 Å². The zero-order chi connectivity index (χ0) is 13.4. The molecule has 1 heterocycles. The summed E-state index contributed by atoms with van der Waals surface area (Å²) >= 11 is 0. The van der Waals surface area contributed by atoms with Crippen molar-refractivity contribution in [3.8, 4) is 0 Å². The number of carbonyl (C=O) groups excluding carboxylic acids is 1. The molecular weight excluding hydrogens is 226 g/mol. The van der Waals surface area contributed by atoms with E-state index in [1.54, 1.807) is 0 Å². The van der Waals surface area contributed by atoms with E-state index in [-0.39, 0.29) is 5.91 Å². The predicted octanol–water partition coefficient (Wildman–Crippen LogP) is 1.22. The van der Waals surface area contributed by atoms with Crippen LogP contribution in [0.25, 0.3) is 0 Å². The number of likely N-dealkylation sites (tertiary alicyclic amines) is 1. The van der Waals surface area contributed by atoms with Crippen LogP contribution < -0.4 is 10.6 Å². The van der Waals surface area contributed by atoms with Gasteiger partial charge in [-0.25, -0.2) is 0 Å². The Hall–Kier alpha value is -0.610. The molecule has 1 aliphatic heterocycles. The first-order valence-corrected chi connectivity index (χ1v) is 7.34. The summed E-state index contributed by atoms with van der Waals surface area (Å²) in [6, 6.07) is 0.584. The van der Waals surface area contributed by atoms with Gasteiger partial charge < -0.3 is 15.5 Å². The minimum atomic E-state index is 0.182. The third-order valence-electron chi connectivity index (χ3n) is 3.55. The number of hydrogen-bond acceptors (Lipinski definition) is 3. The van der Waals surface area contributed by atoms with Crippen molar-refractivity contribution in [2.24, 2.45) is 5.92 Å². The summed E-state index contributed by atoms with van der Waals surface area (Å²) in [4.78, 5) is 13.8. The molecule has 0 radical (unpaired) electrons. The molecule has 18 heavy (non-hydrogen) atoms. The van der Waals surface area contributed by atoms with Crippen LogP contribution in [0, 0.1) is 5.92 Å². The van der Waals surface area contributed by atoms with E-state index in [1.165, 1.54) is 12.8 Å². The molecule has 1 rings (SSSR count). The Morgan fingerprint density at radius 3 is 2.56 bits per heavy atom. The number of amides is 1. The van der Waals surface area contributed by atoms with E-state index in [9.17, 15) is 4.79 Å². The Morgan fingerprint density at radius 1 is 1.33 bits per heavy atom. The molecule has 4 heteroatoms. The van der Waals surface area contributed by atoms with Crippen LogP contribution in [0.2, 0.25) is 0 Å². The highest BCUT2D eigenvalue weighted by Crippen LogP contribution is 2.16. The Balaban J connectivity index is 2.09. The molecule has 0 unspecified atom stereocenters. The summed E-state index contributed by atoms with van der Waals surface area (Å²) in [7, 11) is 0. The topological polar surface area (TPSA) is 44.4 Å². The van der Waals surface area contributed by atoms with Crippen LogP contribution in [0.3, 0.4) is 0 Å². The van der Waals surface area contributed by atoms with E-state index >= 15 is 0 Å². The van der Waals surface area contributed by atoms with Gasteiger partial charge in [-0.1, -0.05) is 13.8 Å². The summed E-state index contributed by atoms with van der Waals surface area (Å²) in [6.45, 7) is 11.4. The van der Waals surface area contributed by atoms with Crippen molar-refractivity contribution in [1.82, 2.24) is 15.5 Å². The number of nitrogens with zero attached hydrogens (tertiary/aromatic N) is 1. The molecule has 106 valence electrons. The second kappa shape index (κ2) is 8.48. The number of nitrogens with one attached hydrogen (secondary N) is 2. The van der Waals surface area contributed by atoms with Crippen LogP contribution in [-0.4, -0.2) is 49.6 Å². The van der Waals surface area contributed by atoms with Gasteiger partial charge in [0.2, 0.25) is 5.91 Å². The lowest BCUT2D eigenvalue weighted by atomic mass is 9.96. The van der Waals surface area contributed by atoms with E-state index in [0.29, 0.717) is 12.5 Å². The highest BCUT2D eigenvalue weighted by Gasteiger charge is 2.19. The largest absolute Gasteiger partial charge is 0.356 e. The average molecular weight is 255 g/mol. The monoisotopic (exact) mass is 255 g/mol. The van der Waals surface area contributed by atoms with Gasteiger partial charge in [-0.15, -0.1) is 0 Å². The molecule has 0 spiro atoms. The van der Waals surface area contributed by atoms with Gasteiger partial charge in [0, 0.05) is 25.6 Å². The fourth-order valence-corrected chi connectivity index (χ4v) is 2.36. The fraction of sp³-hybridized carbons (Fsp3) is 0.929. The van der Waals surface area contributed by atoms with E-state index < -0.39 is 0 Å². The SMILES string of the molecule is CCNC(=O)CCN1CCC(CNC(C)C)CC1. The third-order valence-corrected chi connectivity index (χ3v) is 3.55. The van der Waals surface area contributed by atoms with Crippen molar-refractivity contribution in [3.05, 3.63) is 0 Å². The minimum Gasteiger partial charge on any atom is -0.356 e. The fourth-order valence-electron chi connectivity index (χ4n) is 2.36. The molecular formula is C14H29N3O. The molecule has 0 atom stereocenters. The van der Waals surface area contributed by atoms with Crippen molar-refractivity contribution in [2.75, 3.05) is 32.7 Å². The van der Waals surface area contributed by atoms with Crippen LogP contribution in [0.1, 0.15) is 40.0 Å². The number of carbonyl (C=O) groups is 1. The van der Waals surface area contributed by atoms with Crippen LogP contribution in [0.15, 0.2) is 0 Å². The maximum absolute atomic E-state index is 11.4. The Kier molecular flexibility index (Phi) is 7.28. The number of rotatable bonds is 7. The lowest BCUT2D eigenvalue weighted by Gasteiger charge is -2.32. The number of piperidine rings is 1. The van der Waals surface area contributed by atoms with Crippen LogP contribution in [0.5, 0.6) is 0 Å². The van der Waals surface area contributed by atoms with Gasteiger partial charge >= 0.3 is 0 Å². The van der Waals surface area contributed by atoms with Crippen LogP contribution >= 0.6 is 0 Å². The molecule has 4 nitrogen and oxygen atoms in total. The van der Waals surface area contributed by atoms with Gasteiger partial charge in [0.05, 0.1) is 0 Å². The van der Waals surface area contributed by atoms with Gasteiger partial charge in [-0.3, -0.25) is 4.79 Å². The molecule has 1 aliphatic rings. The first-order valence-electron chi connectivity index (χ1n) is 7.34. The zero-order valence-corrected chi connectivity index (χ0v) is 12.2. The second-order valence-electron chi connectivity index (χ2n) is 5.55. The molecule has 0 aliphatic carbocycles. The summed E-state index contributed by atoms with van der Waals surface area (Å²) in [5.41, 5.74) is 0. The van der Waals surface area contributed by atoms with Gasteiger partial charge in [0.25, 0.3) is 0 Å². The molecule has 0 bridgehead atoms. The van der Waals surface area contributed by atoms with Crippen molar-refractivity contribution in [3.63, 3.8) is 0 Å². The molecule has 1 saturated heterocycles. The van der Waals surface area contributed by atoms with Crippen molar-refractivity contribution in [2.45, 2.75) is 46.1 Å². The van der Waals surface area contributed by atoms with E-state index in [1.807, 2.05) is 6.92 Å². The second-order valence-corrected chi connectivity index (χ2v) is 5.55. The molecule has 0 aromatic heterocycles. The summed E-state index contributed by atoms with van der Waals surface area (Å²) in [6.07, 6.45) is 3.16. The average Bonchev–Trinajstić information content (AvgIpc) is 2.35. The Labute approximate surface area is 111 Å². The third kappa shape index (κ3) is 6.36. The van der Waals surface area contributed by atoms with Crippen LogP contribution in [-0.2, 0) is 4.79 Å². The lowest BCUT2D eigenvalue weighted by molar-refractivity contribution is -0.121. The quantitative estimate of drug-likeness (QED) is 0.719. The highest BCUT2D eigenvalue weighted by molar-refractivity contribution is 5.75. The molecule has 0 saturated carbocycles.